The molecule has 8 heteroatoms. The maximum atomic E-state index is 13.5. The Labute approximate surface area is 190 Å². The zero-order chi connectivity index (χ0) is 23.1. The third-order valence-electron chi connectivity index (χ3n) is 7.79. The quantitative estimate of drug-likeness (QED) is 0.767. The molecular formula is C24H35N5O3. The zero-order valence-corrected chi connectivity index (χ0v) is 19.7. The molecule has 3 saturated heterocycles. The lowest BCUT2D eigenvalue weighted by Crippen LogP contribution is -2.54. The van der Waals surface area contributed by atoms with Crippen LogP contribution in [0.2, 0.25) is 0 Å². The highest BCUT2D eigenvalue weighted by atomic mass is 16.2. The first-order valence-electron chi connectivity index (χ1n) is 11.6. The summed E-state index contributed by atoms with van der Waals surface area (Å²) < 4.78 is 0. The molecule has 0 aliphatic carbocycles. The molecule has 0 unspecified atom stereocenters. The fourth-order valence-electron chi connectivity index (χ4n) is 5.96. The number of fused-ring (bicyclic) bond motifs is 1. The van der Waals surface area contributed by atoms with Crippen LogP contribution in [0, 0.1) is 17.8 Å². The van der Waals surface area contributed by atoms with E-state index in [-0.39, 0.29) is 23.4 Å². The highest BCUT2D eigenvalue weighted by Gasteiger charge is 2.66. The summed E-state index contributed by atoms with van der Waals surface area (Å²) in [4.78, 5) is 46.5. The molecule has 3 fully saturated rings. The average Bonchev–Trinajstić information content (AvgIpc) is 3.26. The lowest BCUT2D eigenvalue weighted by atomic mass is 9.60. The van der Waals surface area contributed by atoms with Gasteiger partial charge in [0.05, 0.1) is 5.41 Å². The molecule has 0 bridgehead atoms. The second kappa shape index (κ2) is 8.30. The molecule has 0 aromatic heterocycles. The van der Waals surface area contributed by atoms with Crippen molar-refractivity contribution in [3.8, 4) is 0 Å². The van der Waals surface area contributed by atoms with Gasteiger partial charge in [-0.2, -0.15) is 0 Å². The third-order valence-corrected chi connectivity index (χ3v) is 7.79. The van der Waals surface area contributed by atoms with Crippen LogP contribution in [0.15, 0.2) is 24.3 Å². The molecule has 1 N–H and O–H groups in total. The summed E-state index contributed by atoms with van der Waals surface area (Å²) in [5, 5.41) is 3.00. The summed E-state index contributed by atoms with van der Waals surface area (Å²) in [6.07, 6.45) is 2.25. The van der Waals surface area contributed by atoms with Crippen LogP contribution >= 0.6 is 0 Å². The number of likely N-dealkylation sites (tertiary alicyclic amines) is 3. The number of anilines is 1. The van der Waals surface area contributed by atoms with Crippen LogP contribution in [0.3, 0.4) is 0 Å². The predicted molar refractivity (Wildman–Crippen MR) is 123 cm³/mol. The van der Waals surface area contributed by atoms with Crippen molar-refractivity contribution in [1.82, 2.24) is 19.6 Å². The standard InChI is InChI=1S/C24H35N5O3/c1-5-27-14-11-24(20(27)30)17-29(22(32)26(3)4)16-23(24)9-12-28(13-10-23)21(31)25-19-8-6-7-18(2)15-19/h6-8,15H,5,9-14,16-17H2,1-4H3,(H,25,31)/t24-/m0/s1. The Morgan fingerprint density at radius 3 is 2.38 bits per heavy atom. The summed E-state index contributed by atoms with van der Waals surface area (Å²) in [6.45, 7) is 7.70. The molecular weight excluding hydrogens is 406 g/mol. The van der Waals surface area contributed by atoms with E-state index in [2.05, 4.69) is 5.32 Å². The van der Waals surface area contributed by atoms with Crippen molar-refractivity contribution in [3.05, 3.63) is 29.8 Å². The van der Waals surface area contributed by atoms with Gasteiger partial charge in [-0.15, -0.1) is 0 Å². The minimum absolute atomic E-state index is 0.0383. The topological polar surface area (TPSA) is 76.2 Å². The normalized spacial score (nSPS) is 24.5. The molecule has 0 radical (unpaired) electrons. The number of nitrogens with zero attached hydrogens (tertiary/aromatic N) is 4. The minimum atomic E-state index is -0.534. The van der Waals surface area contributed by atoms with Crippen LogP contribution in [-0.4, -0.2) is 90.9 Å². The van der Waals surface area contributed by atoms with E-state index >= 15 is 0 Å². The summed E-state index contributed by atoms with van der Waals surface area (Å²) in [5.41, 5.74) is 1.08. The Morgan fingerprint density at radius 1 is 1.06 bits per heavy atom. The molecule has 1 aromatic rings. The molecule has 5 amide bonds. The molecule has 3 aliphatic heterocycles. The number of nitrogens with one attached hydrogen (secondary N) is 1. The van der Waals surface area contributed by atoms with Gasteiger partial charge in [0.1, 0.15) is 0 Å². The molecule has 1 aromatic carbocycles. The number of piperidine rings is 1. The van der Waals surface area contributed by atoms with E-state index in [1.807, 2.05) is 52.8 Å². The SMILES string of the molecule is CCN1CC[C@]2(CN(C(=O)N(C)C)CC23CCN(C(=O)Nc2cccc(C)c2)CC3)C1=O. The molecule has 32 heavy (non-hydrogen) atoms. The molecule has 174 valence electrons. The lowest BCUT2D eigenvalue weighted by Gasteiger charge is -2.46. The fraction of sp³-hybridized carbons (Fsp3) is 0.625. The second-order valence-corrected chi connectivity index (χ2v) is 9.82. The van der Waals surface area contributed by atoms with Crippen molar-refractivity contribution in [2.45, 2.75) is 33.1 Å². The number of carbonyl (C=O) groups excluding carboxylic acids is 3. The summed E-state index contributed by atoms with van der Waals surface area (Å²) in [6, 6.07) is 7.63. The number of benzene rings is 1. The Balaban J connectivity index is 1.52. The summed E-state index contributed by atoms with van der Waals surface area (Å²) in [5.74, 6) is 0.187. The van der Waals surface area contributed by atoms with Crippen molar-refractivity contribution >= 4 is 23.7 Å². The second-order valence-electron chi connectivity index (χ2n) is 9.82. The molecule has 4 rings (SSSR count). The zero-order valence-electron chi connectivity index (χ0n) is 19.7. The smallest absolute Gasteiger partial charge is 0.321 e. The first-order valence-corrected chi connectivity index (χ1v) is 11.6. The van der Waals surface area contributed by atoms with Gasteiger partial charge in [0, 0.05) is 64.5 Å². The Bertz CT molecular complexity index is 909. The van der Waals surface area contributed by atoms with Crippen LogP contribution in [0.1, 0.15) is 31.7 Å². The van der Waals surface area contributed by atoms with Crippen molar-refractivity contribution in [2.24, 2.45) is 10.8 Å². The summed E-state index contributed by atoms with van der Waals surface area (Å²) >= 11 is 0. The maximum absolute atomic E-state index is 13.5. The predicted octanol–water partition coefficient (Wildman–Crippen LogP) is 2.84. The van der Waals surface area contributed by atoms with E-state index in [1.54, 1.807) is 19.0 Å². The number of hydrogen-bond donors (Lipinski definition) is 1. The first kappa shape index (κ1) is 22.4. The number of rotatable bonds is 2. The van der Waals surface area contributed by atoms with Gasteiger partial charge in [0.15, 0.2) is 0 Å². The van der Waals surface area contributed by atoms with E-state index in [9.17, 15) is 14.4 Å². The van der Waals surface area contributed by atoms with Gasteiger partial charge in [0.25, 0.3) is 0 Å². The van der Waals surface area contributed by atoms with Gasteiger partial charge in [-0.25, -0.2) is 9.59 Å². The highest BCUT2D eigenvalue weighted by Crippen LogP contribution is 2.58. The number of aryl methyl sites for hydroxylation is 1. The fourth-order valence-corrected chi connectivity index (χ4v) is 5.96. The van der Waals surface area contributed by atoms with Crippen molar-refractivity contribution in [2.75, 3.05) is 58.7 Å². The number of urea groups is 2. The van der Waals surface area contributed by atoms with Gasteiger partial charge < -0.3 is 24.9 Å². The third kappa shape index (κ3) is 3.59. The molecule has 3 heterocycles. The van der Waals surface area contributed by atoms with Gasteiger partial charge in [-0.3, -0.25) is 4.79 Å². The molecule has 2 spiro atoms. The Kier molecular flexibility index (Phi) is 5.81. The van der Waals surface area contributed by atoms with Crippen LogP contribution in [0.5, 0.6) is 0 Å². The van der Waals surface area contributed by atoms with E-state index in [0.717, 1.165) is 37.1 Å². The maximum Gasteiger partial charge on any atom is 0.321 e. The van der Waals surface area contributed by atoms with Crippen LogP contribution in [0.25, 0.3) is 0 Å². The van der Waals surface area contributed by atoms with Crippen LogP contribution in [-0.2, 0) is 4.79 Å². The van der Waals surface area contributed by atoms with Crippen molar-refractivity contribution in [3.63, 3.8) is 0 Å². The van der Waals surface area contributed by atoms with E-state index in [1.165, 1.54) is 0 Å². The van der Waals surface area contributed by atoms with Crippen LogP contribution in [0.4, 0.5) is 15.3 Å². The highest BCUT2D eigenvalue weighted by molar-refractivity contribution is 5.90. The van der Waals surface area contributed by atoms with Gasteiger partial charge in [-0.05, 0) is 50.8 Å². The largest absolute Gasteiger partial charge is 0.342 e. The van der Waals surface area contributed by atoms with Gasteiger partial charge in [-0.1, -0.05) is 12.1 Å². The molecule has 3 aliphatic rings. The number of amides is 5. The summed E-state index contributed by atoms with van der Waals surface area (Å²) in [7, 11) is 3.51. The Hall–Kier alpha value is -2.77. The molecule has 8 nitrogen and oxygen atoms in total. The van der Waals surface area contributed by atoms with Crippen molar-refractivity contribution < 1.29 is 14.4 Å². The lowest BCUT2D eigenvalue weighted by molar-refractivity contribution is -0.141. The van der Waals surface area contributed by atoms with Gasteiger partial charge in [0.2, 0.25) is 5.91 Å². The van der Waals surface area contributed by atoms with E-state index in [0.29, 0.717) is 32.7 Å². The molecule has 0 saturated carbocycles. The monoisotopic (exact) mass is 441 g/mol. The van der Waals surface area contributed by atoms with E-state index in [4.69, 9.17) is 0 Å². The van der Waals surface area contributed by atoms with Crippen molar-refractivity contribution in [1.29, 1.82) is 0 Å². The van der Waals surface area contributed by atoms with E-state index < -0.39 is 5.41 Å². The number of hydrogen-bond acceptors (Lipinski definition) is 3. The number of carbonyl (C=O) groups is 3. The van der Waals surface area contributed by atoms with Gasteiger partial charge >= 0.3 is 12.1 Å². The van der Waals surface area contributed by atoms with Crippen LogP contribution < -0.4 is 5.32 Å². The Morgan fingerprint density at radius 2 is 1.78 bits per heavy atom. The first-order chi connectivity index (χ1) is 15.2. The minimum Gasteiger partial charge on any atom is -0.342 e. The molecule has 1 atom stereocenters. The average molecular weight is 442 g/mol.